The first-order chi connectivity index (χ1) is 9.24. The lowest BCUT2D eigenvalue weighted by atomic mass is 10.2. The predicted molar refractivity (Wildman–Crippen MR) is 74.2 cm³/mol. The molecule has 0 saturated heterocycles. The van der Waals surface area contributed by atoms with Crippen LogP contribution >= 0.6 is 0 Å². The zero-order valence-electron chi connectivity index (χ0n) is 10.3. The minimum Gasteiger partial charge on any atom is -0.481 e. The van der Waals surface area contributed by atoms with Gasteiger partial charge in [0.15, 0.2) is 0 Å². The van der Waals surface area contributed by atoms with E-state index < -0.39 is 5.97 Å². The molecule has 3 nitrogen and oxygen atoms in total. The molecule has 0 aromatic heterocycles. The summed E-state index contributed by atoms with van der Waals surface area (Å²) in [4.78, 5) is 10.4. The zero-order valence-corrected chi connectivity index (χ0v) is 10.3. The average molecular weight is 254 g/mol. The third-order valence-corrected chi connectivity index (χ3v) is 2.46. The van der Waals surface area contributed by atoms with Gasteiger partial charge in [-0.05, 0) is 29.8 Å². The molecule has 96 valence electrons. The first kappa shape index (κ1) is 12.9. The monoisotopic (exact) mass is 254 g/mol. The van der Waals surface area contributed by atoms with Gasteiger partial charge in [0.05, 0.1) is 6.42 Å². The molecule has 0 aliphatic carbocycles. The molecule has 0 amide bonds. The second kappa shape index (κ2) is 6.40. The summed E-state index contributed by atoms with van der Waals surface area (Å²) in [5.74, 6) is 0.707. The number of hydrogen-bond acceptors (Lipinski definition) is 2. The molecule has 2 aromatic rings. The summed E-state index contributed by atoms with van der Waals surface area (Å²) in [6.07, 6.45) is 3.43. The summed E-state index contributed by atoms with van der Waals surface area (Å²) in [6.45, 7) is 0. The minimum atomic E-state index is -0.833. The van der Waals surface area contributed by atoms with Crippen LogP contribution in [0.4, 0.5) is 0 Å². The Balaban J connectivity index is 1.98. The lowest BCUT2D eigenvalue weighted by Gasteiger charge is -2.05. The summed E-state index contributed by atoms with van der Waals surface area (Å²) in [6, 6.07) is 17.0. The molecule has 2 aromatic carbocycles. The molecule has 0 atom stereocenters. The van der Waals surface area contributed by atoms with Crippen molar-refractivity contribution in [3.8, 4) is 11.5 Å². The number of carboxylic acid groups (broad SMARTS) is 1. The summed E-state index contributed by atoms with van der Waals surface area (Å²) >= 11 is 0. The van der Waals surface area contributed by atoms with Gasteiger partial charge in [0.1, 0.15) is 11.5 Å². The van der Waals surface area contributed by atoms with Crippen molar-refractivity contribution in [1.29, 1.82) is 0 Å². The lowest BCUT2D eigenvalue weighted by Crippen LogP contribution is -1.89. The second-order valence-electron chi connectivity index (χ2n) is 3.98. The van der Waals surface area contributed by atoms with Crippen LogP contribution in [0.25, 0.3) is 6.08 Å². The Kier molecular flexibility index (Phi) is 4.34. The first-order valence-corrected chi connectivity index (χ1v) is 5.95. The molecule has 0 saturated carbocycles. The van der Waals surface area contributed by atoms with Crippen LogP contribution in [0.15, 0.2) is 60.7 Å². The van der Waals surface area contributed by atoms with E-state index in [9.17, 15) is 4.79 Å². The molecule has 0 unspecified atom stereocenters. The van der Waals surface area contributed by atoms with E-state index in [1.165, 1.54) is 0 Å². The van der Waals surface area contributed by atoms with Crippen LogP contribution < -0.4 is 4.74 Å². The van der Waals surface area contributed by atoms with Crippen LogP contribution in [0.3, 0.4) is 0 Å². The van der Waals surface area contributed by atoms with E-state index in [1.54, 1.807) is 12.2 Å². The van der Waals surface area contributed by atoms with Gasteiger partial charge in [-0.1, -0.05) is 42.5 Å². The van der Waals surface area contributed by atoms with Crippen LogP contribution in [0.2, 0.25) is 0 Å². The quantitative estimate of drug-likeness (QED) is 0.878. The highest BCUT2D eigenvalue weighted by Crippen LogP contribution is 2.21. The Morgan fingerprint density at radius 1 is 1.00 bits per heavy atom. The van der Waals surface area contributed by atoms with Gasteiger partial charge in [-0.25, -0.2) is 0 Å². The van der Waals surface area contributed by atoms with Crippen LogP contribution in [-0.2, 0) is 4.79 Å². The van der Waals surface area contributed by atoms with Crippen LogP contribution in [0, 0.1) is 0 Å². The molecule has 19 heavy (non-hydrogen) atoms. The Morgan fingerprint density at radius 2 is 1.63 bits per heavy atom. The summed E-state index contributed by atoms with van der Waals surface area (Å²) in [5.41, 5.74) is 0.946. The standard InChI is InChI=1S/C16H14O3/c17-16(18)8-4-5-13-9-11-15(12-10-13)19-14-6-2-1-3-7-14/h1-7,9-12H,8H2,(H,17,18). The predicted octanol–water partition coefficient (Wildman–Crippen LogP) is 3.97. The highest BCUT2D eigenvalue weighted by atomic mass is 16.5. The highest BCUT2D eigenvalue weighted by molar-refractivity contribution is 5.70. The number of carboxylic acids is 1. The number of hydrogen-bond donors (Lipinski definition) is 1. The van der Waals surface area contributed by atoms with E-state index in [2.05, 4.69) is 0 Å². The van der Waals surface area contributed by atoms with Gasteiger partial charge in [0.2, 0.25) is 0 Å². The number of aliphatic carboxylic acids is 1. The number of carbonyl (C=O) groups is 1. The molecule has 0 fully saturated rings. The summed E-state index contributed by atoms with van der Waals surface area (Å²) in [5, 5.41) is 8.53. The van der Waals surface area contributed by atoms with E-state index >= 15 is 0 Å². The molecule has 0 heterocycles. The van der Waals surface area contributed by atoms with Crippen molar-refractivity contribution >= 4 is 12.0 Å². The largest absolute Gasteiger partial charge is 0.481 e. The van der Waals surface area contributed by atoms with E-state index in [1.807, 2.05) is 54.6 Å². The lowest BCUT2D eigenvalue weighted by molar-refractivity contribution is -0.135. The first-order valence-electron chi connectivity index (χ1n) is 5.95. The number of rotatable bonds is 5. The van der Waals surface area contributed by atoms with Gasteiger partial charge in [0, 0.05) is 0 Å². The summed E-state index contributed by atoms with van der Waals surface area (Å²) in [7, 11) is 0. The fourth-order valence-corrected chi connectivity index (χ4v) is 1.57. The maximum atomic E-state index is 10.4. The van der Waals surface area contributed by atoms with Gasteiger partial charge in [-0.15, -0.1) is 0 Å². The second-order valence-corrected chi connectivity index (χ2v) is 3.98. The number of ether oxygens (including phenoxy) is 1. The van der Waals surface area contributed by atoms with Crippen LogP contribution in [-0.4, -0.2) is 11.1 Å². The Labute approximate surface area is 111 Å². The molecular weight excluding hydrogens is 240 g/mol. The van der Waals surface area contributed by atoms with Gasteiger partial charge in [-0.2, -0.15) is 0 Å². The molecule has 1 N–H and O–H groups in total. The SMILES string of the molecule is O=C(O)CC=Cc1ccc(Oc2ccccc2)cc1. The van der Waals surface area contributed by atoms with Crippen molar-refractivity contribution in [2.24, 2.45) is 0 Å². The van der Waals surface area contributed by atoms with Crippen molar-refractivity contribution in [3.05, 3.63) is 66.2 Å². The molecule has 0 aliphatic rings. The third-order valence-electron chi connectivity index (χ3n) is 2.46. The fourth-order valence-electron chi connectivity index (χ4n) is 1.57. The van der Waals surface area contributed by atoms with Gasteiger partial charge >= 0.3 is 5.97 Å². The van der Waals surface area contributed by atoms with Gasteiger partial charge < -0.3 is 9.84 Å². The van der Waals surface area contributed by atoms with E-state index in [0.29, 0.717) is 0 Å². The Hall–Kier alpha value is -2.55. The Morgan fingerprint density at radius 3 is 2.26 bits per heavy atom. The fraction of sp³-hybridized carbons (Fsp3) is 0.0625. The van der Waals surface area contributed by atoms with Gasteiger partial charge in [-0.3, -0.25) is 4.79 Å². The minimum absolute atomic E-state index is 0.0300. The smallest absolute Gasteiger partial charge is 0.307 e. The van der Waals surface area contributed by atoms with Crippen molar-refractivity contribution in [2.45, 2.75) is 6.42 Å². The van der Waals surface area contributed by atoms with Crippen molar-refractivity contribution in [2.75, 3.05) is 0 Å². The average Bonchev–Trinajstić information content (AvgIpc) is 2.42. The van der Waals surface area contributed by atoms with E-state index in [4.69, 9.17) is 9.84 Å². The van der Waals surface area contributed by atoms with Crippen molar-refractivity contribution in [1.82, 2.24) is 0 Å². The number of para-hydroxylation sites is 1. The van der Waals surface area contributed by atoms with Crippen molar-refractivity contribution in [3.63, 3.8) is 0 Å². The highest BCUT2D eigenvalue weighted by Gasteiger charge is 1.96. The number of benzene rings is 2. The van der Waals surface area contributed by atoms with Crippen LogP contribution in [0.5, 0.6) is 11.5 Å². The van der Waals surface area contributed by atoms with Crippen LogP contribution in [0.1, 0.15) is 12.0 Å². The molecule has 0 bridgehead atoms. The van der Waals surface area contributed by atoms with E-state index in [-0.39, 0.29) is 6.42 Å². The molecule has 3 heteroatoms. The molecular formula is C16H14O3. The molecule has 0 spiro atoms. The molecule has 2 rings (SSSR count). The van der Waals surface area contributed by atoms with E-state index in [0.717, 1.165) is 17.1 Å². The summed E-state index contributed by atoms with van der Waals surface area (Å²) < 4.78 is 5.66. The normalized spacial score (nSPS) is 10.5. The third kappa shape index (κ3) is 4.32. The topological polar surface area (TPSA) is 46.5 Å². The molecule has 0 radical (unpaired) electrons. The van der Waals surface area contributed by atoms with Gasteiger partial charge in [0.25, 0.3) is 0 Å². The zero-order chi connectivity index (χ0) is 13.5. The maximum Gasteiger partial charge on any atom is 0.307 e. The Bertz CT molecular complexity index is 556. The molecule has 0 aliphatic heterocycles. The van der Waals surface area contributed by atoms with Crippen molar-refractivity contribution < 1.29 is 14.6 Å². The maximum absolute atomic E-state index is 10.4.